The third-order valence-electron chi connectivity index (χ3n) is 4.48. The lowest BCUT2D eigenvalue weighted by atomic mass is 10.2. The van der Waals surface area contributed by atoms with Crippen LogP contribution in [-0.4, -0.2) is 24.3 Å². The van der Waals surface area contributed by atoms with Crippen molar-refractivity contribution in [2.45, 2.75) is 22.4 Å². The maximum absolute atomic E-state index is 10.6. The largest absolute Gasteiger partial charge is 0.390 e. The Hall–Kier alpha value is -2.27. The van der Waals surface area contributed by atoms with Crippen molar-refractivity contribution in [2.24, 2.45) is 0 Å². The smallest absolute Gasteiger partial charge is 0.0843 e. The Morgan fingerprint density at radius 3 is 2.04 bits per heavy atom. The van der Waals surface area contributed by atoms with E-state index in [0.717, 1.165) is 6.54 Å². The quantitative estimate of drug-likeness (QED) is 0.680. The molecule has 1 atom stereocenters. The maximum Gasteiger partial charge on any atom is 0.0843 e. The molecule has 0 fully saturated rings. The summed E-state index contributed by atoms with van der Waals surface area (Å²) in [5, 5.41) is 14.0. The van der Waals surface area contributed by atoms with Crippen molar-refractivity contribution in [2.75, 3.05) is 18.0 Å². The molecule has 0 saturated heterocycles. The summed E-state index contributed by atoms with van der Waals surface area (Å²) in [5.74, 6) is 0. The molecule has 0 aliphatic carbocycles. The molecule has 0 radical (unpaired) electrons. The molecule has 0 spiro atoms. The zero-order valence-corrected chi connectivity index (χ0v) is 15.3. The van der Waals surface area contributed by atoms with Gasteiger partial charge < -0.3 is 15.3 Å². The average Bonchev–Trinajstić information content (AvgIpc) is 2.68. The molecule has 4 heteroatoms. The summed E-state index contributed by atoms with van der Waals surface area (Å²) in [7, 11) is 0. The van der Waals surface area contributed by atoms with Crippen LogP contribution in [0.3, 0.4) is 0 Å². The number of para-hydroxylation sites is 2. The Labute approximate surface area is 158 Å². The van der Waals surface area contributed by atoms with Crippen LogP contribution in [0.25, 0.3) is 0 Å². The lowest BCUT2D eigenvalue weighted by Crippen LogP contribution is -2.37. The highest BCUT2D eigenvalue weighted by Crippen LogP contribution is 2.47. The van der Waals surface area contributed by atoms with Crippen molar-refractivity contribution in [3.05, 3.63) is 84.4 Å². The van der Waals surface area contributed by atoms with Crippen LogP contribution in [0.5, 0.6) is 0 Å². The van der Waals surface area contributed by atoms with Gasteiger partial charge in [-0.1, -0.05) is 66.4 Å². The second-order valence-electron chi connectivity index (χ2n) is 6.42. The van der Waals surface area contributed by atoms with Crippen molar-refractivity contribution in [1.82, 2.24) is 5.32 Å². The Balaban J connectivity index is 1.45. The number of rotatable bonds is 6. The van der Waals surface area contributed by atoms with Crippen LogP contribution in [0.1, 0.15) is 5.56 Å². The molecule has 0 saturated carbocycles. The summed E-state index contributed by atoms with van der Waals surface area (Å²) in [6.45, 7) is 1.89. The van der Waals surface area contributed by atoms with E-state index in [1.54, 1.807) is 11.8 Å². The van der Waals surface area contributed by atoms with Gasteiger partial charge in [-0.3, -0.25) is 0 Å². The van der Waals surface area contributed by atoms with Crippen LogP contribution in [-0.2, 0) is 6.54 Å². The minimum Gasteiger partial charge on any atom is -0.390 e. The van der Waals surface area contributed by atoms with Crippen LogP contribution < -0.4 is 10.2 Å². The third-order valence-corrected chi connectivity index (χ3v) is 5.61. The van der Waals surface area contributed by atoms with Gasteiger partial charge in [0.15, 0.2) is 0 Å². The van der Waals surface area contributed by atoms with E-state index in [0.29, 0.717) is 13.1 Å². The lowest BCUT2D eigenvalue weighted by molar-refractivity contribution is 0.179. The van der Waals surface area contributed by atoms with E-state index >= 15 is 0 Å². The van der Waals surface area contributed by atoms with Gasteiger partial charge in [0.05, 0.1) is 24.0 Å². The number of aliphatic hydroxyl groups is 1. The highest BCUT2D eigenvalue weighted by molar-refractivity contribution is 7.99. The monoisotopic (exact) mass is 362 g/mol. The van der Waals surface area contributed by atoms with Crippen LogP contribution in [0, 0.1) is 0 Å². The molecule has 3 aromatic carbocycles. The summed E-state index contributed by atoms with van der Waals surface area (Å²) in [6.07, 6.45) is -0.456. The highest BCUT2D eigenvalue weighted by atomic mass is 32.2. The predicted octanol–water partition coefficient (Wildman–Crippen LogP) is 4.44. The zero-order valence-electron chi connectivity index (χ0n) is 14.5. The Kier molecular flexibility index (Phi) is 5.25. The SMILES string of the molecule is OC(CNCc1ccccc1)CN1c2ccccc2Sc2ccccc21. The summed E-state index contributed by atoms with van der Waals surface area (Å²) < 4.78 is 0. The summed E-state index contributed by atoms with van der Waals surface area (Å²) >= 11 is 1.79. The first-order chi connectivity index (χ1) is 12.8. The van der Waals surface area contributed by atoms with Gasteiger partial charge in [0.2, 0.25) is 0 Å². The van der Waals surface area contributed by atoms with Gasteiger partial charge in [0.1, 0.15) is 0 Å². The van der Waals surface area contributed by atoms with Gasteiger partial charge in [0, 0.05) is 22.9 Å². The number of aliphatic hydroxyl groups excluding tert-OH is 1. The molecule has 3 aromatic rings. The van der Waals surface area contributed by atoms with E-state index in [2.05, 4.69) is 70.9 Å². The van der Waals surface area contributed by atoms with Crippen molar-refractivity contribution in [3.63, 3.8) is 0 Å². The molecule has 0 aromatic heterocycles. The Morgan fingerprint density at radius 1 is 0.808 bits per heavy atom. The van der Waals surface area contributed by atoms with Gasteiger partial charge >= 0.3 is 0 Å². The zero-order chi connectivity index (χ0) is 17.8. The fraction of sp³-hybridized carbons (Fsp3) is 0.182. The molecule has 1 aliphatic heterocycles. The van der Waals surface area contributed by atoms with Gasteiger partial charge in [-0.25, -0.2) is 0 Å². The molecule has 2 N–H and O–H groups in total. The fourth-order valence-electron chi connectivity index (χ4n) is 3.23. The molecular formula is C22H22N2OS. The van der Waals surface area contributed by atoms with E-state index in [1.165, 1.54) is 26.7 Å². The van der Waals surface area contributed by atoms with E-state index in [-0.39, 0.29) is 0 Å². The van der Waals surface area contributed by atoms with E-state index in [1.807, 2.05) is 18.2 Å². The summed E-state index contributed by atoms with van der Waals surface area (Å²) in [6, 6.07) is 27.0. The van der Waals surface area contributed by atoms with Crippen molar-refractivity contribution < 1.29 is 5.11 Å². The van der Waals surface area contributed by atoms with E-state index < -0.39 is 6.10 Å². The molecule has 26 heavy (non-hydrogen) atoms. The summed E-state index contributed by atoms with van der Waals surface area (Å²) in [4.78, 5) is 4.70. The molecule has 1 heterocycles. The number of hydrogen-bond acceptors (Lipinski definition) is 4. The number of nitrogens with zero attached hydrogens (tertiary/aromatic N) is 1. The first kappa shape index (κ1) is 17.2. The molecule has 0 amide bonds. The van der Waals surface area contributed by atoms with Crippen LogP contribution >= 0.6 is 11.8 Å². The molecule has 0 bridgehead atoms. The molecule has 1 aliphatic rings. The predicted molar refractivity (Wildman–Crippen MR) is 108 cm³/mol. The van der Waals surface area contributed by atoms with Gasteiger partial charge in [-0.2, -0.15) is 0 Å². The number of benzene rings is 3. The van der Waals surface area contributed by atoms with Crippen LogP contribution in [0.15, 0.2) is 88.7 Å². The van der Waals surface area contributed by atoms with Gasteiger partial charge in [-0.15, -0.1) is 0 Å². The normalized spacial score (nSPS) is 13.8. The number of β-amino-alcohol motifs (C(OH)–C–C–N with tert-alkyl or cyclic N) is 1. The Bertz CT molecular complexity index is 823. The second-order valence-corrected chi connectivity index (χ2v) is 7.50. The number of fused-ring (bicyclic) bond motifs is 2. The highest BCUT2D eigenvalue weighted by Gasteiger charge is 2.24. The maximum atomic E-state index is 10.6. The van der Waals surface area contributed by atoms with E-state index in [4.69, 9.17) is 0 Å². The summed E-state index contributed by atoms with van der Waals surface area (Å²) in [5.41, 5.74) is 3.56. The first-order valence-corrected chi connectivity index (χ1v) is 9.69. The van der Waals surface area contributed by atoms with Crippen LogP contribution in [0.2, 0.25) is 0 Å². The molecular weight excluding hydrogens is 340 g/mol. The molecule has 1 unspecified atom stereocenters. The van der Waals surface area contributed by atoms with E-state index in [9.17, 15) is 5.11 Å². The Morgan fingerprint density at radius 2 is 1.38 bits per heavy atom. The lowest BCUT2D eigenvalue weighted by Gasteiger charge is -2.34. The standard InChI is InChI=1S/C22H22N2OS/c25-18(15-23-14-17-8-2-1-3-9-17)16-24-19-10-4-6-12-21(19)26-22-13-7-5-11-20(22)24/h1-13,18,23,25H,14-16H2. The first-order valence-electron chi connectivity index (χ1n) is 8.87. The topological polar surface area (TPSA) is 35.5 Å². The molecule has 132 valence electrons. The number of anilines is 2. The van der Waals surface area contributed by atoms with Crippen molar-refractivity contribution >= 4 is 23.1 Å². The molecule has 3 nitrogen and oxygen atoms in total. The fourth-order valence-corrected chi connectivity index (χ4v) is 4.33. The van der Waals surface area contributed by atoms with Crippen molar-refractivity contribution in [3.8, 4) is 0 Å². The van der Waals surface area contributed by atoms with Gasteiger partial charge in [-0.05, 0) is 29.8 Å². The van der Waals surface area contributed by atoms with Gasteiger partial charge in [0.25, 0.3) is 0 Å². The number of hydrogen-bond donors (Lipinski definition) is 2. The minimum atomic E-state index is -0.456. The second kappa shape index (κ2) is 7.96. The van der Waals surface area contributed by atoms with Crippen molar-refractivity contribution in [1.29, 1.82) is 0 Å². The average molecular weight is 362 g/mol. The minimum absolute atomic E-state index is 0.456. The third kappa shape index (κ3) is 3.78. The number of nitrogens with one attached hydrogen (secondary N) is 1. The van der Waals surface area contributed by atoms with Crippen LogP contribution in [0.4, 0.5) is 11.4 Å². The molecule has 4 rings (SSSR count).